The van der Waals surface area contributed by atoms with E-state index in [1.807, 2.05) is 91.0 Å². The lowest BCUT2D eigenvalue weighted by Crippen LogP contribution is -2.10. The molecule has 0 saturated carbocycles. The van der Waals surface area contributed by atoms with E-state index in [9.17, 15) is 9.59 Å². The highest BCUT2D eigenvalue weighted by molar-refractivity contribution is 6.10. The predicted octanol–water partition coefficient (Wildman–Crippen LogP) is 7.20. The van der Waals surface area contributed by atoms with Crippen LogP contribution in [0.15, 0.2) is 128 Å². The number of H-pyrrole nitrogens is 2. The molecular weight excluding hydrogens is 604 g/mol. The van der Waals surface area contributed by atoms with Crippen LogP contribution in [0.1, 0.15) is 20.7 Å². The van der Waals surface area contributed by atoms with Crippen molar-refractivity contribution in [3.63, 3.8) is 0 Å². The van der Waals surface area contributed by atoms with Gasteiger partial charge >= 0.3 is 0 Å². The molecule has 0 radical (unpaired) electrons. The van der Waals surface area contributed by atoms with Gasteiger partial charge in [0.05, 0.1) is 47.7 Å². The van der Waals surface area contributed by atoms with Gasteiger partial charge in [-0.15, -0.1) is 0 Å². The minimum atomic E-state index is -0.265. The zero-order chi connectivity index (χ0) is 32.6. The Labute approximate surface area is 273 Å². The Kier molecular flexibility index (Phi) is 7.03. The first kappa shape index (κ1) is 28.6. The number of hydrogen-bond donors (Lipinski definition) is 4. The summed E-state index contributed by atoms with van der Waals surface area (Å²) in [7, 11) is 1.60. The number of fused-ring (bicyclic) bond motifs is 2. The molecule has 0 unspecified atom stereocenters. The second-order valence-electron chi connectivity index (χ2n) is 11.2. The number of anilines is 2. The summed E-state index contributed by atoms with van der Waals surface area (Å²) >= 11 is 0. The number of nitrogens with one attached hydrogen (secondary N) is 4. The fraction of sp³-hybridized carbons (Fsp3) is 0.0270. The number of hydrogen-bond acceptors (Lipinski definition) is 5. The van der Waals surface area contributed by atoms with Gasteiger partial charge in [0, 0.05) is 46.6 Å². The standard InChI is InChI=1S/C37H28N8O3/c1-48-35-16-24(12-14-34(35)45-22-26(18-41-45)37(47)42-32-19-38-30-10-6-5-9-28(30)32)23-11-13-29-31(15-23)39-20-33(29)43-36(46)25-17-40-44(21-25)27-7-3-2-4-8-27/h2-22,38-39H,1H3,(H,42,47)(H,43,46). The predicted molar refractivity (Wildman–Crippen MR) is 185 cm³/mol. The van der Waals surface area contributed by atoms with Crippen molar-refractivity contribution >= 4 is 45.0 Å². The highest BCUT2D eigenvalue weighted by atomic mass is 16.5. The van der Waals surface area contributed by atoms with Crippen LogP contribution in [0.2, 0.25) is 0 Å². The Morgan fingerprint density at radius 2 is 1.27 bits per heavy atom. The van der Waals surface area contributed by atoms with E-state index in [0.717, 1.165) is 38.6 Å². The molecule has 0 aliphatic carbocycles. The molecule has 4 aromatic carbocycles. The van der Waals surface area contributed by atoms with E-state index in [-0.39, 0.29) is 11.8 Å². The number of amides is 2. The number of ether oxygens (including phenoxy) is 1. The number of para-hydroxylation sites is 2. The van der Waals surface area contributed by atoms with Crippen molar-refractivity contribution in [3.05, 3.63) is 139 Å². The monoisotopic (exact) mass is 632 g/mol. The van der Waals surface area contributed by atoms with E-state index >= 15 is 0 Å². The smallest absolute Gasteiger partial charge is 0.258 e. The number of carbonyl (C=O) groups is 2. The number of aromatic amines is 2. The van der Waals surface area contributed by atoms with E-state index in [2.05, 4.69) is 30.8 Å². The summed E-state index contributed by atoms with van der Waals surface area (Å²) in [5.41, 5.74) is 7.50. The maximum Gasteiger partial charge on any atom is 0.258 e. The molecule has 48 heavy (non-hydrogen) atoms. The zero-order valence-corrected chi connectivity index (χ0v) is 25.6. The second-order valence-corrected chi connectivity index (χ2v) is 11.2. The summed E-state index contributed by atoms with van der Waals surface area (Å²) in [6.07, 6.45) is 10.0. The van der Waals surface area contributed by atoms with Crippen molar-refractivity contribution in [2.75, 3.05) is 17.7 Å². The van der Waals surface area contributed by atoms with Gasteiger partial charge in [0.15, 0.2) is 0 Å². The zero-order valence-electron chi connectivity index (χ0n) is 25.6. The van der Waals surface area contributed by atoms with Crippen molar-refractivity contribution in [3.8, 4) is 28.3 Å². The van der Waals surface area contributed by atoms with Crippen LogP contribution < -0.4 is 15.4 Å². The molecule has 0 aliphatic rings. The first-order valence-electron chi connectivity index (χ1n) is 15.2. The molecule has 4 N–H and O–H groups in total. The molecule has 0 fully saturated rings. The minimum Gasteiger partial charge on any atom is -0.494 e. The van der Waals surface area contributed by atoms with Gasteiger partial charge in [-0.05, 0) is 47.5 Å². The summed E-state index contributed by atoms with van der Waals surface area (Å²) in [5.74, 6) is 0.0770. The maximum absolute atomic E-state index is 13.0. The van der Waals surface area contributed by atoms with Crippen molar-refractivity contribution < 1.29 is 14.3 Å². The lowest BCUT2D eigenvalue weighted by Gasteiger charge is -2.11. The van der Waals surface area contributed by atoms with Crippen LogP contribution in [-0.4, -0.2) is 48.5 Å². The number of rotatable bonds is 8. The largest absolute Gasteiger partial charge is 0.494 e. The van der Waals surface area contributed by atoms with Crippen molar-refractivity contribution in [2.45, 2.75) is 0 Å². The molecule has 8 rings (SSSR count). The van der Waals surface area contributed by atoms with Gasteiger partial charge in [-0.1, -0.05) is 54.6 Å². The Hall–Kier alpha value is -6.88. The van der Waals surface area contributed by atoms with Crippen molar-refractivity contribution in [2.24, 2.45) is 0 Å². The Bertz CT molecular complexity index is 2450. The molecule has 11 nitrogen and oxygen atoms in total. The molecule has 0 atom stereocenters. The van der Waals surface area contributed by atoms with E-state index in [1.165, 1.54) is 6.20 Å². The number of aromatic nitrogens is 6. The maximum atomic E-state index is 13.0. The third-order valence-corrected chi connectivity index (χ3v) is 8.24. The summed E-state index contributed by atoms with van der Waals surface area (Å²) in [5, 5.41) is 16.5. The molecule has 8 aromatic rings. The first-order chi connectivity index (χ1) is 23.5. The van der Waals surface area contributed by atoms with E-state index < -0.39 is 0 Å². The summed E-state index contributed by atoms with van der Waals surface area (Å²) in [6.45, 7) is 0. The number of nitrogens with zero attached hydrogens (tertiary/aromatic N) is 4. The highest BCUT2D eigenvalue weighted by Gasteiger charge is 2.16. The summed E-state index contributed by atoms with van der Waals surface area (Å²) in [4.78, 5) is 32.5. The third kappa shape index (κ3) is 5.24. The minimum absolute atomic E-state index is 0.250. The Morgan fingerprint density at radius 1 is 0.667 bits per heavy atom. The van der Waals surface area contributed by atoms with Crippen LogP contribution in [0.5, 0.6) is 5.75 Å². The van der Waals surface area contributed by atoms with E-state index in [4.69, 9.17) is 4.74 Å². The molecule has 4 aromatic heterocycles. The van der Waals surface area contributed by atoms with E-state index in [1.54, 1.807) is 47.5 Å². The van der Waals surface area contributed by atoms with Gasteiger partial charge in [-0.3, -0.25) is 9.59 Å². The van der Waals surface area contributed by atoms with Crippen LogP contribution in [0, 0.1) is 0 Å². The molecule has 0 saturated heterocycles. The van der Waals surface area contributed by atoms with Crippen LogP contribution in [0.25, 0.3) is 44.3 Å². The summed E-state index contributed by atoms with van der Waals surface area (Å²) < 4.78 is 9.04. The van der Waals surface area contributed by atoms with E-state index in [0.29, 0.717) is 33.9 Å². The van der Waals surface area contributed by atoms with Crippen molar-refractivity contribution in [1.29, 1.82) is 0 Å². The Morgan fingerprint density at radius 3 is 2.02 bits per heavy atom. The molecule has 0 bridgehead atoms. The van der Waals surface area contributed by atoms with Gasteiger partial charge < -0.3 is 25.3 Å². The van der Waals surface area contributed by atoms with Crippen molar-refractivity contribution in [1.82, 2.24) is 29.5 Å². The van der Waals surface area contributed by atoms with Crippen LogP contribution in [-0.2, 0) is 0 Å². The molecule has 4 heterocycles. The van der Waals surface area contributed by atoms with Crippen LogP contribution in [0.3, 0.4) is 0 Å². The average molecular weight is 633 g/mol. The molecule has 11 heteroatoms. The first-order valence-corrected chi connectivity index (χ1v) is 15.2. The lowest BCUT2D eigenvalue weighted by molar-refractivity contribution is 0.101. The topological polar surface area (TPSA) is 135 Å². The molecule has 0 spiro atoms. The normalized spacial score (nSPS) is 11.2. The molecule has 0 aliphatic heterocycles. The van der Waals surface area contributed by atoms with Crippen LogP contribution >= 0.6 is 0 Å². The molecular formula is C37H28N8O3. The fourth-order valence-electron chi connectivity index (χ4n) is 5.75. The molecule has 234 valence electrons. The summed E-state index contributed by atoms with van der Waals surface area (Å²) in [6, 6.07) is 29.2. The number of benzene rings is 4. The number of methoxy groups -OCH3 is 1. The van der Waals surface area contributed by atoms with Gasteiger partial charge in [0.1, 0.15) is 11.4 Å². The van der Waals surface area contributed by atoms with Gasteiger partial charge in [0.2, 0.25) is 0 Å². The average Bonchev–Trinajstić information content (AvgIpc) is 3.95. The lowest BCUT2D eigenvalue weighted by atomic mass is 10.0. The van der Waals surface area contributed by atoms with Gasteiger partial charge in [-0.2, -0.15) is 10.2 Å². The van der Waals surface area contributed by atoms with Gasteiger partial charge in [-0.25, -0.2) is 9.36 Å². The highest BCUT2D eigenvalue weighted by Crippen LogP contribution is 2.33. The van der Waals surface area contributed by atoms with Gasteiger partial charge in [0.25, 0.3) is 11.8 Å². The third-order valence-electron chi connectivity index (χ3n) is 8.24. The SMILES string of the molecule is COc1cc(-c2ccc3c(NC(=O)c4cnn(-c5ccccc5)c4)c[nH]c3c2)ccc1-n1cc(C(=O)Nc2c[nH]c3ccccc23)cn1. The Balaban J connectivity index is 0.992. The second kappa shape index (κ2) is 11.8. The fourth-order valence-corrected chi connectivity index (χ4v) is 5.75. The quantitative estimate of drug-likeness (QED) is 0.141. The molecule has 2 amide bonds. The number of carbonyl (C=O) groups excluding carboxylic acids is 2. The van der Waals surface area contributed by atoms with Crippen LogP contribution in [0.4, 0.5) is 11.4 Å².